The molecule has 0 aromatic heterocycles. The molecule has 0 spiro atoms. The van der Waals surface area contributed by atoms with Gasteiger partial charge in [-0.15, -0.1) is 0 Å². The molecule has 0 bridgehead atoms. The molecule has 0 saturated heterocycles. The number of hydrogen-bond donors (Lipinski definition) is 0. The molecular weight excluding hydrogens is 221 g/mol. The predicted octanol–water partition coefficient (Wildman–Crippen LogP) is 2.72. The Bertz CT molecular complexity index is 405. The molecule has 0 fully saturated rings. The van der Waals surface area contributed by atoms with Crippen LogP contribution in [0.3, 0.4) is 0 Å². The summed E-state index contributed by atoms with van der Waals surface area (Å²) in [5.41, 5.74) is 1.11. The quantitative estimate of drug-likeness (QED) is 0.596. The first-order chi connectivity index (χ1) is 7.70. The van der Waals surface area contributed by atoms with Crippen molar-refractivity contribution in [2.75, 3.05) is 12.3 Å². The molecule has 2 amide bonds. The number of nitrogens with zero attached hydrogens (tertiary/aromatic N) is 1. The van der Waals surface area contributed by atoms with E-state index in [-0.39, 0.29) is 11.8 Å². The monoisotopic (exact) mass is 235 g/mol. The third-order valence-electron chi connectivity index (χ3n) is 2.79. The fraction of sp³-hybridized carbons (Fsp3) is 0.333. The highest BCUT2D eigenvalue weighted by molar-refractivity contribution is 7.56. The fourth-order valence-electron chi connectivity index (χ4n) is 1.94. The van der Waals surface area contributed by atoms with Gasteiger partial charge < -0.3 is 0 Å². The van der Waals surface area contributed by atoms with Crippen LogP contribution in [-0.2, 0) is 0 Å². The van der Waals surface area contributed by atoms with Gasteiger partial charge in [0.05, 0.1) is 11.1 Å². The second kappa shape index (κ2) is 4.34. The second-order valence-electron chi connectivity index (χ2n) is 3.61. The Balaban J connectivity index is 2.42. The molecule has 1 aliphatic rings. The van der Waals surface area contributed by atoms with Crippen molar-refractivity contribution in [2.24, 2.45) is 0 Å². The zero-order valence-electron chi connectivity index (χ0n) is 9.43. The van der Waals surface area contributed by atoms with Gasteiger partial charge in [-0.25, -0.2) is 0 Å². The minimum absolute atomic E-state index is 0.115. The Labute approximate surface area is 96.3 Å². The van der Waals surface area contributed by atoms with E-state index >= 15 is 0 Å². The van der Waals surface area contributed by atoms with Gasteiger partial charge in [0.1, 0.15) is 0 Å². The van der Waals surface area contributed by atoms with Crippen LogP contribution in [0.4, 0.5) is 0 Å². The van der Waals surface area contributed by atoms with Crippen molar-refractivity contribution in [1.29, 1.82) is 0 Å². The molecule has 0 radical (unpaired) electrons. The molecule has 84 valence electrons. The molecule has 0 aliphatic carbocycles. The fourth-order valence-corrected chi connectivity index (χ4v) is 3.68. The normalized spacial score (nSPS) is 14.8. The molecule has 4 heteroatoms. The minimum atomic E-state index is -0.648. The largest absolute Gasteiger partial charge is 0.268 e. The van der Waals surface area contributed by atoms with E-state index < -0.39 is 8.07 Å². The zero-order chi connectivity index (χ0) is 11.7. The Kier molecular flexibility index (Phi) is 3.06. The van der Waals surface area contributed by atoms with Gasteiger partial charge in [0, 0.05) is 8.07 Å². The third-order valence-corrected chi connectivity index (χ3v) is 5.17. The summed E-state index contributed by atoms with van der Waals surface area (Å²) in [7, 11) is -0.648. The minimum Gasteiger partial charge on any atom is -0.268 e. The van der Waals surface area contributed by atoms with Crippen LogP contribution < -0.4 is 0 Å². The lowest BCUT2D eigenvalue weighted by molar-refractivity contribution is 0.0769. The molecule has 1 aromatic carbocycles. The number of amides is 2. The van der Waals surface area contributed by atoms with Gasteiger partial charge in [-0.1, -0.05) is 26.0 Å². The molecule has 1 aromatic rings. The first kappa shape index (κ1) is 11.3. The molecule has 3 nitrogen and oxygen atoms in total. The Morgan fingerprint density at radius 2 is 1.44 bits per heavy atom. The lowest BCUT2D eigenvalue weighted by atomic mass is 10.1. The number of carbonyl (C=O) groups excluding carboxylic acids is 2. The maximum Gasteiger partial charge on any atom is 0.264 e. The lowest BCUT2D eigenvalue weighted by Gasteiger charge is -2.23. The lowest BCUT2D eigenvalue weighted by Crippen LogP contribution is -2.25. The van der Waals surface area contributed by atoms with E-state index in [9.17, 15) is 9.59 Å². The van der Waals surface area contributed by atoms with Crippen LogP contribution in [0.2, 0.25) is 0 Å². The van der Waals surface area contributed by atoms with Crippen LogP contribution >= 0.6 is 8.07 Å². The molecule has 16 heavy (non-hydrogen) atoms. The van der Waals surface area contributed by atoms with Crippen LogP contribution in [0.25, 0.3) is 0 Å². The second-order valence-corrected chi connectivity index (χ2v) is 6.28. The standard InChI is InChI=1S/C12H14NO2P/c1-3-16(4-2)13-11(14)9-7-5-6-8-10(9)12(13)15/h5-8H,3-4H2,1-2H3. The number of imide groups is 1. The summed E-state index contributed by atoms with van der Waals surface area (Å²) in [4.78, 5) is 24.2. The van der Waals surface area contributed by atoms with Gasteiger partial charge in [-0.05, 0) is 24.5 Å². The van der Waals surface area contributed by atoms with E-state index in [1.54, 1.807) is 24.3 Å². The van der Waals surface area contributed by atoms with Crippen LogP contribution in [0, 0.1) is 0 Å². The smallest absolute Gasteiger partial charge is 0.264 e. The highest BCUT2D eigenvalue weighted by Gasteiger charge is 2.38. The van der Waals surface area contributed by atoms with Crippen molar-refractivity contribution in [2.45, 2.75) is 13.8 Å². The van der Waals surface area contributed by atoms with E-state index in [4.69, 9.17) is 0 Å². The van der Waals surface area contributed by atoms with Crippen molar-refractivity contribution in [3.05, 3.63) is 35.4 Å². The molecule has 2 rings (SSSR count). The average molecular weight is 235 g/mol. The number of benzene rings is 1. The maximum absolute atomic E-state index is 12.1. The molecular formula is C12H14NO2P. The van der Waals surface area contributed by atoms with Crippen LogP contribution in [0.1, 0.15) is 34.6 Å². The van der Waals surface area contributed by atoms with Crippen LogP contribution in [0.15, 0.2) is 24.3 Å². The Morgan fingerprint density at radius 3 is 1.81 bits per heavy atom. The van der Waals surface area contributed by atoms with Gasteiger partial charge in [-0.2, -0.15) is 0 Å². The molecule has 0 unspecified atom stereocenters. The van der Waals surface area contributed by atoms with Gasteiger partial charge >= 0.3 is 0 Å². The summed E-state index contributed by atoms with van der Waals surface area (Å²) in [6.07, 6.45) is 1.74. The number of rotatable bonds is 3. The molecule has 0 saturated carbocycles. The molecule has 1 aliphatic heterocycles. The van der Waals surface area contributed by atoms with Gasteiger partial charge in [0.25, 0.3) is 11.8 Å². The predicted molar refractivity (Wildman–Crippen MR) is 64.9 cm³/mol. The summed E-state index contributed by atoms with van der Waals surface area (Å²) in [5.74, 6) is -0.231. The van der Waals surface area contributed by atoms with Gasteiger partial charge in [0.2, 0.25) is 0 Å². The van der Waals surface area contributed by atoms with Crippen LogP contribution in [-0.4, -0.2) is 28.8 Å². The summed E-state index contributed by atoms with van der Waals surface area (Å²) in [6, 6.07) is 7.06. The highest BCUT2D eigenvalue weighted by Crippen LogP contribution is 2.44. The topological polar surface area (TPSA) is 37.4 Å². The summed E-state index contributed by atoms with van der Waals surface area (Å²) in [5, 5.41) is 0. The van der Waals surface area contributed by atoms with E-state index in [2.05, 4.69) is 0 Å². The molecule has 1 heterocycles. The summed E-state index contributed by atoms with van der Waals surface area (Å²) in [6.45, 7) is 4.05. The Hall–Kier alpha value is -1.21. The average Bonchev–Trinajstić information content (AvgIpc) is 2.57. The van der Waals surface area contributed by atoms with E-state index in [1.807, 2.05) is 13.8 Å². The highest BCUT2D eigenvalue weighted by atomic mass is 31.1. The van der Waals surface area contributed by atoms with E-state index in [0.717, 1.165) is 12.3 Å². The zero-order valence-corrected chi connectivity index (χ0v) is 10.3. The first-order valence-electron chi connectivity index (χ1n) is 5.43. The number of fused-ring (bicyclic) bond motifs is 1. The first-order valence-corrected chi connectivity index (χ1v) is 7.09. The Morgan fingerprint density at radius 1 is 1.00 bits per heavy atom. The molecule has 0 atom stereocenters. The maximum atomic E-state index is 12.1. The van der Waals surface area contributed by atoms with E-state index in [0.29, 0.717) is 11.1 Å². The van der Waals surface area contributed by atoms with E-state index in [1.165, 1.54) is 4.67 Å². The van der Waals surface area contributed by atoms with Crippen molar-refractivity contribution in [3.8, 4) is 0 Å². The third kappa shape index (κ3) is 1.56. The summed E-state index contributed by atoms with van der Waals surface area (Å²) >= 11 is 0. The van der Waals surface area contributed by atoms with Gasteiger partial charge in [-0.3, -0.25) is 14.3 Å². The van der Waals surface area contributed by atoms with Gasteiger partial charge in [0.15, 0.2) is 0 Å². The van der Waals surface area contributed by atoms with Crippen LogP contribution in [0.5, 0.6) is 0 Å². The number of carbonyl (C=O) groups is 2. The molecule has 0 N–H and O–H groups in total. The van der Waals surface area contributed by atoms with Crippen molar-refractivity contribution in [3.63, 3.8) is 0 Å². The SMILES string of the molecule is CCP(CC)N1C(=O)c2ccccc2C1=O. The van der Waals surface area contributed by atoms with Crippen molar-refractivity contribution in [1.82, 2.24) is 4.67 Å². The summed E-state index contributed by atoms with van der Waals surface area (Å²) < 4.78 is 1.47. The van der Waals surface area contributed by atoms with Crippen molar-refractivity contribution < 1.29 is 9.59 Å². The van der Waals surface area contributed by atoms with Crippen molar-refractivity contribution >= 4 is 19.9 Å². The number of hydrogen-bond acceptors (Lipinski definition) is 2.